The first-order valence-corrected chi connectivity index (χ1v) is 8.60. The largest absolute Gasteiger partial charge is 0.497 e. The van der Waals surface area contributed by atoms with Gasteiger partial charge in [-0.3, -0.25) is 0 Å². The van der Waals surface area contributed by atoms with E-state index >= 15 is 0 Å². The van der Waals surface area contributed by atoms with Crippen LogP contribution in [0.3, 0.4) is 0 Å². The summed E-state index contributed by atoms with van der Waals surface area (Å²) in [7, 11) is 1.67. The smallest absolute Gasteiger partial charge is 0.163 e. The van der Waals surface area contributed by atoms with Crippen LogP contribution in [0.2, 0.25) is 0 Å². The van der Waals surface area contributed by atoms with Crippen LogP contribution in [0.15, 0.2) is 48.5 Å². The quantitative estimate of drug-likeness (QED) is 0.721. The molecular formula is C23H24O3. The van der Waals surface area contributed by atoms with Crippen LogP contribution >= 0.6 is 0 Å². The highest BCUT2D eigenvalue weighted by Gasteiger charge is 2.28. The lowest BCUT2D eigenvalue weighted by atomic mass is 9.90. The van der Waals surface area contributed by atoms with Gasteiger partial charge in [0.25, 0.3) is 0 Å². The second kappa shape index (κ2) is 6.46. The number of fused-ring (bicyclic) bond motifs is 1. The van der Waals surface area contributed by atoms with Gasteiger partial charge in [-0.15, -0.1) is 6.42 Å². The molecule has 0 spiro atoms. The van der Waals surface area contributed by atoms with Crippen molar-refractivity contribution in [3.8, 4) is 29.6 Å². The third kappa shape index (κ3) is 3.70. The highest BCUT2D eigenvalue weighted by atomic mass is 16.5. The first-order chi connectivity index (χ1) is 12.2. The van der Waals surface area contributed by atoms with E-state index in [-0.39, 0.29) is 0 Å². The highest BCUT2D eigenvalue weighted by Crippen LogP contribution is 2.41. The molecule has 1 heterocycles. The van der Waals surface area contributed by atoms with Gasteiger partial charge in [0.1, 0.15) is 22.8 Å². The lowest BCUT2D eigenvalue weighted by molar-refractivity contribution is 0.152. The molecule has 0 radical (unpaired) electrons. The van der Waals surface area contributed by atoms with Crippen molar-refractivity contribution in [2.45, 2.75) is 38.9 Å². The van der Waals surface area contributed by atoms with Crippen molar-refractivity contribution in [2.75, 3.05) is 7.11 Å². The Kier molecular flexibility index (Phi) is 4.46. The Hall–Kier alpha value is -2.86. The average Bonchev–Trinajstić information content (AvgIpc) is 2.60. The van der Waals surface area contributed by atoms with Crippen molar-refractivity contribution in [2.24, 2.45) is 0 Å². The number of rotatable bonds is 4. The van der Waals surface area contributed by atoms with E-state index in [0.29, 0.717) is 5.75 Å². The predicted octanol–water partition coefficient (Wildman–Crippen LogP) is 5.09. The summed E-state index contributed by atoms with van der Waals surface area (Å²) in [6.07, 6.45) is 7.67. The fourth-order valence-corrected chi connectivity index (χ4v) is 2.94. The molecule has 3 rings (SSSR count). The fourth-order valence-electron chi connectivity index (χ4n) is 2.94. The van der Waals surface area contributed by atoms with Crippen LogP contribution < -0.4 is 14.2 Å². The minimum absolute atomic E-state index is 0.428. The van der Waals surface area contributed by atoms with E-state index in [9.17, 15) is 0 Å². The van der Waals surface area contributed by atoms with Gasteiger partial charge in [0, 0.05) is 11.6 Å². The lowest BCUT2D eigenvalue weighted by Gasteiger charge is -2.32. The van der Waals surface area contributed by atoms with Crippen molar-refractivity contribution < 1.29 is 14.2 Å². The molecule has 1 aliphatic heterocycles. The van der Waals surface area contributed by atoms with E-state index in [0.717, 1.165) is 28.2 Å². The second-order valence-electron chi connectivity index (χ2n) is 7.41. The van der Waals surface area contributed by atoms with Crippen molar-refractivity contribution in [3.63, 3.8) is 0 Å². The standard InChI is InChI=1S/C23H24O3/c1-7-22(2,3)25-18-12-13-19-20(15-23(4,5)26-21(19)14-18)16-8-10-17(24-6)11-9-16/h1,8-15H,2-6H3. The molecule has 0 aromatic heterocycles. The summed E-state index contributed by atoms with van der Waals surface area (Å²) in [5, 5.41) is 0. The lowest BCUT2D eigenvalue weighted by Crippen LogP contribution is -2.29. The van der Waals surface area contributed by atoms with E-state index in [1.54, 1.807) is 7.11 Å². The van der Waals surface area contributed by atoms with Crippen molar-refractivity contribution in [3.05, 3.63) is 59.7 Å². The van der Waals surface area contributed by atoms with Crippen molar-refractivity contribution >= 4 is 5.57 Å². The van der Waals surface area contributed by atoms with Crippen molar-refractivity contribution in [1.82, 2.24) is 0 Å². The molecule has 2 aromatic rings. The van der Waals surface area contributed by atoms with Crippen molar-refractivity contribution in [1.29, 1.82) is 0 Å². The second-order valence-corrected chi connectivity index (χ2v) is 7.41. The van der Waals surface area contributed by atoms with Gasteiger partial charge in [0.15, 0.2) is 5.60 Å². The maximum atomic E-state index is 6.17. The first kappa shape index (κ1) is 17.9. The van der Waals surface area contributed by atoms with E-state index in [1.807, 2.05) is 58.0 Å². The molecule has 3 heteroatoms. The molecule has 0 saturated heterocycles. The molecule has 3 nitrogen and oxygen atoms in total. The Morgan fingerprint density at radius 3 is 2.31 bits per heavy atom. The van der Waals surface area contributed by atoms with E-state index in [4.69, 9.17) is 20.6 Å². The molecule has 1 aliphatic rings. The summed E-state index contributed by atoms with van der Waals surface area (Å²) < 4.78 is 17.3. The molecular weight excluding hydrogens is 324 g/mol. The molecule has 0 bridgehead atoms. The Balaban J connectivity index is 2.03. The number of methoxy groups -OCH3 is 1. The molecule has 2 aromatic carbocycles. The molecule has 0 saturated carbocycles. The average molecular weight is 348 g/mol. The zero-order valence-electron chi connectivity index (χ0n) is 15.9. The summed E-state index contributed by atoms with van der Waals surface area (Å²) in [5.41, 5.74) is 2.17. The van der Waals surface area contributed by atoms with Gasteiger partial charge in [-0.25, -0.2) is 0 Å². The Bertz CT molecular complexity index is 881. The van der Waals surface area contributed by atoms with E-state index in [1.165, 1.54) is 0 Å². The SMILES string of the molecule is C#CC(C)(C)Oc1ccc2c(c1)OC(C)(C)C=C2c1ccc(OC)cc1. The van der Waals surface area contributed by atoms with Gasteiger partial charge in [0.05, 0.1) is 7.11 Å². The van der Waals surface area contributed by atoms with Crippen LogP contribution in [-0.2, 0) is 0 Å². The van der Waals surface area contributed by atoms with Crippen LogP contribution in [0.25, 0.3) is 5.57 Å². The van der Waals surface area contributed by atoms with Gasteiger partial charge in [-0.2, -0.15) is 0 Å². The summed E-state index contributed by atoms with van der Waals surface area (Å²) in [6, 6.07) is 13.9. The molecule has 0 unspecified atom stereocenters. The van der Waals surface area contributed by atoms with Gasteiger partial charge in [-0.05, 0) is 69.2 Å². The van der Waals surface area contributed by atoms with Crippen LogP contribution in [0.1, 0.15) is 38.8 Å². The number of hydrogen-bond donors (Lipinski definition) is 0. The first-order valence-electron chi connectivity index (χ1n) is 8.60. The molecule has 26 heavy (non-hydrogen) atoms. The van der Waals surface area contributed by atoms with Crippen LogP contribution in [0, 0.1) is 12.3 Å². The molecule has 0 N–H and O–H groups in total. The minimum Gasteiger partial charge on any atom is -0.497 e. The third-order valence-corrected chi connectivity index (χ3v) is 4.23. The highest BCUT2D eigenvalue weighted by molar-refractivity contribution is 5.85. The summed E-state index contributed by atoms with van der Waals surface area (Å²) in [6.45, 7) is 7.80. The molecule has 0 atom stereocenters. The molecule has 0 fully saturated rings. The Morgan fingerprint density at radius 1 is 1.04 bits per heavy atom. The van der Waals surface area contributed by atoms with Gasteiger partial charge < -0.3 is 14.2 Å². The van der Waals surface area contributed by atoms with Crippen LogP contribution in [-0.4, -0.2) is 18.3 Å². The summed E-state index contributed by atoms with van der Waals surface area (Å²) >= 11 is 0. The topological polar surface area (TPSA) is 27.7 Å². The Labute approximate surface area is 155 Å². The summed E-state index contributed by atoms with van der Waals surface area (Å²) in [5.74, 6) is 4.96. The third-order valence-electron chi connectivity index (χ3n) is 4.23. The van der Waals surface area contributed by atoms with E-state index in [2.05, 4.69) is 24.1 Å². The zero-order chi connectivity index (χ0) is 18.9. The normalized spacial score (nSPS) is 15.2. The van der Waals surface area contributed by atoms with Gasteiger partial charge in [0.2, 0.25) is 0 Å². The van der Waals surface area contributed by atoms with Gasteiger partial charge >= 0.3 is 0 Å². The van der Waals surface area contributed by atoms with Crippen LogP contribution in [0.4, 0.5) is 0 Å². The zero-order valence-corrected chi connectivity index (χ0v) is 15.9. The fraction of sp³-hybridized carbons (Fsp3) is 0.304. The number of ether oxygens (including phenoxy) is 3. The maximum Gasteiger partial charge on any atom is 0.163 e. The number of terminal acetylenes is 1. The monoisotopic (exact) mass is 348 g/mol. The van der Waals surface area contributed by atoms with Gasteiger partial charge in [-0.1, -0.05) is 18.1 Å². The number of hydrogen-bond acceptors (Lipinski definition) is 3. The minimum atomic E-state index is -0.674. The molecule has 0 aliphatic carbocycles. The predicted molar refractivity (Wildman–Crippen MR) is 105 cm³/mol. The number of benzene rings is 2. The van der Waals surface area contributed by atoms with E-state index < -0.39 is 11.2 Å². The van der Waals surface area contributed by atoms with Crippen LogP contribution in [0.5, 0.6) is 17.2 Å². The molecule has 134 valence electrons. The Morgan fingerprint density at radius 2 is 1.69 bits per heavy atom. The maximum absolute atomic E-state index is 6.17. The summed E-state index contributed by atoms with van der Waals surface area (Å²) in [4.78, 5) is 0. The molecule has 0 amide bonds.